The first kappa shape index (κ1) is 34.8. The van der Waals surface area contributed by atoms with E-state index < -0.39 is 0 Å². The van der Waals surface area contributed by atoms with E-state index >= 15 is 0 Å². The lowest BCUT2D eigenvalue weighted by Gasteiger charge is -2.12. The Morgan fingerprint density at radius 1 is 0.788 bits per heavy atom. The molecular formula is C24H39N3O5S. The van der Waals surface area contributed by atoms with Crippen molar-refractivity contribution in [1.29, 1.82) is 0 Å². The predicted molar refractivity (Wildman–Crippen MR) is 141 cm³/mol. The van der Waals surface area contributed by atoms with Crippen LogP contribution in [0.4, 0.5) is 0 Å². The van der Waals surface area contributed by atoms with Crippen molar-refractivity contribution in [3.63, 3.8) is 0 Å². The minimum atomic E-state index is -0.302. The van der Waals surface area contributed by atoms with Crippen LogP contribution in [0, 0.1) is 4.77 Å². The van der Waals surface area contributed by atoms with Gasteiger partial charge >= 0.3 is 5.63 Å². The predicted octanol–water partition coefficient (Wildman–Crippen LogP) is 4.74. The van der Waals surface area contributed by atoms with E-state index in [9.17, 15) is 4.79 Å². The largest absolute Gasteiger partial charge is 0.423 e. The maximum absolute atomic E-state index is 10.7. The van der Waals surface area contributed by atoms with E-state index in [-0.39, 0.29) is 55.4 Å². The Hall–Kier alpha value is -2.82. The van der Waals surface area contributed by atoms with Crippen LogP contribution in [-0.2, 0) is 0 Å². The van der Waals surface area contributed by atoms with Gasteiger partial charge in [-0.25, -0.2) is 4.79 Å². The molecule has 33 heavy (non-hydrogen) atoms. The Bertz CT molecular complexity index is 1080. The number of fused-ring (bicyclic) bond motifs is 2. The highest BCUT2D eigenvalue weighted by Crippen LogP contribution is 2.09. The maximum Gasteiger partial charge on any atom is 0.336 e. The lowest BCUT2D eigenvalue weighted by Crippen LogP contribution is -2.28. The van der Waals surface area contributed by atoms with E-state index in [2.05, 4.69) is 9.97 Å². The van der Waals surface area contributed by atoms with Gasteiger partial charge in [0.2, 0.25) is 0 Å². The molecule has 2 aromatic heterocycles. The first-order valence-electron chi connectivity index (χ1n) is 8.78. The number of imidazole rings is 1. The number of para-hydroxylation sites is 3. The topological polar surface area (TPSA) is 126 Å². The molecule has 2 aromatic carbocycles. The molecule has 0 saturated carbocycles. The molecule has 0 atom stereocenters. The average molecular weight is 482 g/mol. The minimum absolute atomic E-state index is 0. The minimum Gasteiger partial charge on any atom is -0.423 e. The lowest BCUT2D eigenvalue weighted by molar-refractivity contribution is 0.0184. The number of hydrogen-bond acceptors (Lipinski definition) is 7. The van der Waals surface area contributed by atoms with Crippen molar-refractivity contribution >= 4 is 34.2 Å². The Morgan fingerprint density at radius 2 is 1.30 bits per heavy atom. The second kappa shape index (κ2) is 18.7. The van der Waals surface area contributed by atoms with Crippen molar-refractivity contribution in [1.82, 2.24) is 14.9 Å². The zero-order valence-corrected chi connectivity index (χ0v) is 16.4. The number of H-pyrrole nitrogens is 2. The molecule has 8 nitrogen and oxygen atoms in total. The molecule has 4 aromatic rings. The van der Waals surface area contributed by atoms with Gasteiger partial charge < -0.3 is 29.7 Å². The zero-order valence-electron chi connectivity index (χ0n) is 15.6. The molecule has 0 radical (unpaired) electrons. The third-order valence-corrected chi connectivity index (χ3v) is 3.97. The number of aliphatic hydroxyl groups is 3. The van der Waals surface area contributed by atoms with Gasteiger partial charge in [0.15, 0.2) is 4.77 Å². The third kappa shape index (κ3) is 11.6. The number of benzene rings is 2. The van der Waals surface area contributed by atoms with Crippen molar-refractivity contribution in [2.75, 3.05) is 26.6 Å². The summed E-state index contributed by atoms with van der Waals surface area (Å²) in [6, 6.07) is 18.5. The summed E-state index contributed by atoms with van der Waals surface area (Å²) in [7, 11) is 0. The van der Waals surface area contributed by atoms with Gasteiger partial charge in [0, 0.05) is 18.0 Å². The van der Waals surface area contributed by atoms with Crippen LogP contribution in [0.15, 0.2) is 69.9 Å². The highest BCUT2D eigenvalue weighted by Gasteiger charge is 1.96. The molecule has 2 heterocycles. The van der Waals surface area contributed by atoms with Crippen molar-refractivity contribution < 1.29 is 19.7 Å². The standard InChI is InChI=1S/C9H6O2.C7H6N2S.C4H11NO3.4CH4/c10-9-6-5-7-3-1-2-4-8(7)11-9;10-7-8-5-3-1-2-4-6(5)9-7;6-2-1-5(3-7)4-8;;;;/h1-6H;1-4H,(H2,8,9,10);6-8H,1-4H2;4*1H4. The molecule has 9 heteroatoms. The van der Waals surface area contributed by atoms with Crippen LogP contribution in [0.3, 0.4) is 0 Å². The second-order valence-electron chi connectivity index (χ2n) is 5.82. The molecular weight excluding hydrogens is 442 g/mol. The van der Waals surface area contributed by atoms with E-state index in [1.54, 1.807) is 12.1 Å². The molecule has 0 saturated heterocycles. The van der Waals surface area contributed by atoms with Gasteiger partial charge in [0.1, 0.15) is 5.58 Å². The molecule has 0 spiro atoms. The summed E-state index contributed by atoms with van der Waals surface area (Å²) in [5.74, 6) is 0. The molecule has 186 valence electrons. The van der Waals surface area contributed by atoms with Crippen LogP contribution in [0.1, 0.15) is 29.7 Å². The van der Waals surface area contributed by atoms with Crippen molar-refractivity contribution in [2.45, 2.75) is 29.7 Å². The number of nitrogens with zero attached hydrogens (tertiary/aromatic N) is 1. The highest BCUT2D eigenvalue weighted by atomic mass is 32.1. The van der Waals surface area contributed by atoms with Gasteiger partial charge in [0.25, 0.3) is 0 Å². The first-order valence-corrected chi connectivity index (χ1v) is 9.19. The average Bonchev–Trinajstić information content (AvgIpc) is 3.13. The summed E-state index contributed by atoms with van der Waals surface area (Å²) in [6.07, 6.45) is 0. The molecule has 0 aliphatic rings. The maximum atomic E-state index is 10.7. The van der Waals surface area contributed by atoms with Gasteiger partial charge in [-0.1, -0.05) is 60.0 Å². The second-order valence-corrected chi connectivity index (χ2v) is 6.23. The van der Waals surface area contributed by atoms with Crippen LogP contribution in [0.5, 0.6) is 0 Å². The summed E-state index contributed by atoms with van der Waals surface area (Å²) >= 11 is 4.90. The van der Waals surface area contributed by atoms with Crippen LogP contribution >= 0.6 is 12.2 Å². The van der Waals surface area contributed by atoms with E-state index in [0.29, 0.717) is 16.9 Å². The summed E-state index contributed by atoms with van der Waals surface area (Å²) in [5, 5.41) is 25.8. The summed E-state index contributed by atoms with van der Waals surface area (Å²) in [5.41, 5.74) is 2.46. The fourth-order valence-corrected chi connectivity index (χ4v) is 2.54. The van der Waals surface area contributed by atoms with Crippen molar-refractivity contribution in [3.05, 3.63) is 75.9 Å². The Kier molecular flexibility index (Phi) is 19.7. The SMILES string of the molecule is C.C.C.C.O=c1ccc2ccccc2o1.OCCN(CO)CO.S=c1[nH]c2ccccc2[nH]1. The number of rotatable bonds is 4. The normalized spacial score (nSPS) is 9.09. The molecule has 4 rings (SSSR count). The van der Waals surface area contributed by atoms with Crippen LogP contribution in [0.25, 0.3) is 22.0 Å². The van der Waals surface area contributed by atoms with Gasteiger partial charge in [-0.05, 0) is 36.5 Å². The van der Waals surface area contributed by atoms with Crippen LogP contribution < -0.4 is 5.63 Å². The van der Waals surface area contributed by atoms with Gasteiger partial charge in [-0.2, -0.15) is 0 Å². The number of aliphatic hydroxyl groups excluding tert-OH is 3. The van der Waals surface area contributed by atoms with E-state index in [1.807, 2.05) is 42.5 Å². The number of hydrogen-bond donors (Lipinski definition) is 5. The van der Waals surface area contributed by atoms with Crippen molar-refractivity contribution in [3.8, 4) is 0 Å². The first-order chi connectivity index (χ1) is 14.1. The van der Waals surface area contributed by atoms with Gasteiger partial charge in [0.05, 0.1) is 31.1 Å². The molecule has 0 unspecified atom stereocenters. The third-order valence-electron chi connectivity index (χ3n) is 3.77. The summed E-state index contributed by atoms with van der Waals surface area (Å²) in [6.45, 7) is -0.151. The van der Waals surface area contributed by atoms with Crippen molar-refractivity contribution in [2.24, 2.45) is 0 Å². The number of nitrogens with one attached hydrogen (secondary N) is 2. The van der Waals surface area contributed by atoms with Crippen LogP contribution in [0.2, 0.25) is 0 Å². The molecule has 0 aliphatic heterocycles. The number of aromatic nitrogens is 2. The van der Waals surface area contributed by atoms with Gasteiger partial charge in [-0.15, -0.1) is 0 Å². The summed E-state index contributed by atoms with van der Waals surface area (Å²) < 4.78 is 5.59. The van der Waals surface area contributed by atoms with Crippen LogP contribution in [-0.4, -0.2) is 56.8 Å². The Balaban J connectivity index is -0.000000391. The molecule has 0 amide bonds. The zero-order chi connectivity index (χ0) is 21.1. The quantitative estimate of drug-likeness (QED) is 0.162. The van der Waals surface area contributed by atoms with E-state index in [4.69, 9.17) is 32.0 Å². The number of aromatic amines is 2. The smallest absolute Gasteiger partial charge is 0.336 e. The van der Waals surface area contributed by atoms with E-state index in [1.165, 1.54) is 11.0 Å². The molecule has 5 N–H and O–H groups in total. The monoisotopic (exact) mass is 481 g/mol. The molecule has 0 aliphatic carbocycles. The van der Waals surface area contributed by atoms with E-state index in [0.717, 1.165) is 16.4 Å². The fraction of sp³-hybridized carbons (Fsp3) is 0.333. The fourth-order valence-electron chi connectivity index (χ4n) is 2.32. The summed E-state index contributed by atoms with van der Waals surface area (Å²) in [4.78, 5) is 18.0. The van der Waals surface area contributed by atoms with Gasteiger partial charge in [-0.3, -0.25) is 4.90 Å². The Labute approximate surface area is 201 Å². The molecule has 0 fully saturated rings. The molecule has 0 bridgehead atoms. The Morgan fingerprint density at radius 3 is 1.79 bits per heavy atom. The lowest BCUT2D eigenvalue weighted by atomic mass is 10.2. The highest BCUT2D eigenvalue weighted by molar-refractivity contribution is 7.71.